The molecule has 0 bridgehead atoms. The number of likely N-dealkylation sites (tertiary alicyclic amines) is 1. The zero-order valence-electron chi connectivity index (χ0n) is 19.1. The number of benzene rings is 3. The minimum atomic E-state index is -3.76. The summed E-state index contributed by atoms with van der Waals surface area (Å²) in [6.45, 7) is 2.54. The topological polar surface area (TPSA) is 70.1 Å². The molecule has 0 radical (unpaired) electrons. The Kier molecular flexibility index (Phi) is 7.93. The predicted octanol–water partition coefficient (Wildman–Crippen LogP) is 5.51. The molecule has 0 saturated carbocycles. The number of β-amino-alcohol motifs (C(OH)–C–C–N with tert-alkyl or cyclic N) is 1. The molecule has 1 atom stereocenters. The smallest absolute Gasteiger partial charge is 0.268 e. The molecule has 1 saturated heterocycles. The van der Waals surface area contributed by atoms with E-state index < -0.39 is 16.1 Å². The zero-order valence-corrected chi connectivity index (χ0v) is 21.5. The van der Waals surface area contributed by atoms with E-state index in [2.05, 4.69) is 4.90 Å². The molecule has 0 spiro atoms. The highest BCUT2D eigenvalue weighted by Gasteiger charge is 2.35. The van der Waals surface area contributed by atoms with Crippen molar-refractivity contribution in [1.82, 2.24) is 4.90 Å². The number of hydrogen-bond acceptors (Lipinski definition) is 5. The number of nitrogens with zero attached hydrogens (tertiary/aromatic N) is 2. The number of aliphatic hydroxyl groups is 1. The number of fused-ring (bicyclic) bond motifs is 2. The average Bonchev–Trinajstić information content (AvgIpc) is 2.93. The molecule has 2 aliphatic heterocycles. The molecule has 2 heterocycles. The van der Waals surface area contributed by atoms with Gasteiger partial charge in [-0.1, -0.05) is 48.0 Å². The molecule has 3 aromatic rings. The van der Waals surface area contributed by atoms with Crippen LogP contribution in [0.4, 0.5) is 5.69 Å². The second kappa shape index (κ2) is 10.8. The van der Waals surface area contributed by atoms with Gasteiger partial charge in [0.1, 0.15) is 10.6 Å². The lowest BCUT2D eigenvalue weighted by molar-refractivity contribution is 0.0905. The molecule has 186 valence electrons. The quantitative estimate of drug-likeness (QED) is 0.467. The van der Waals surface area contributed by atoms with Crippen molar-refractivity contribution >= 4 is 39.7 Å². The lowest BCUT2D eigenvalue weighted by Crippen LogP contribution is -2.42. The van der Waals surface area contributed by atoms with Crippen LogP contribution in [0, 0.1) is 5.92 Å². The molecule has 2 aliphatic rings. The van der Waals surface area contributed by atoms with Gasteiger partial charge in [-0.2, -0.15) is 0 Å². The van der Waals surface area contributed by atoms with E-state index in [0.717, 1.165) is 31.5 Å². The van der Waals surface area contributed by atoms with Crippen LogP contribution in [0.5, 0.6) is 11.5 Å². The summed E-state index contributed by atoms with van der Waals surface area (Å²) in [6.07, 6.45) is 1.12. The number of rotatable bonds is 5. The number of halogens is 2. The molecule has 1 fully saturated rings. The maximum absolute atomic E-state index is 13.6. The van der Waals surface area contributed by atoms with Crippen LogP contribution < -0.4 is 9.04 Å². The summed E-state index contributed by atoms with van der Waals surface area (Å²) in [4.78, 5) is 2.42. The first kappa shape index (κ1) is 25.8. The second-order valence-electron chi connectivity index (χ2n) is 8.86. The van der Waals surface area contributed by atoms with Crippen molar-refractivity contribution in [2.24, 2.45) is 5.92 Å². The van der Waals surface area contributed by atoms with Crippen molar-refractivity contribution in [3.63, 3.8) is 0 Å². The van der Waals surface area contributed by atoms with Crippen molar-refractivity contribution < 1.29 is 18.3 Å². The molecule has 0 aromatic heterocycles. The lowest BCUT2D eigenvalue weighted by Gasteiger charge is -2.35. The highest BCUT2D eigenvalue weighted by atomic mass is 35.5. The first-order valence-electron chi connectivity index (χ1n) is 11.5. The first-order chi connectivity index (χ1) is 16.4. The minimum absolute atomic E-state index is 0. The van der Waals surface area contributed by atoms with Gasteiger partial charge < -0.3 is 14.7 Å². The fraction of sp³-hybridized carbons (Fsp3) is 0.308. The van der Waals surface area contributed by atoms with Crippen LogP contribution in [0.1, 0.15) is 24.5 Å². The first-order valence-corrected chi connectivity index (χ1v) is 13.3. The van der Waals surface area contributed by atoms with Crippen LogP contribution in [-0.4, -0.2) is 44.6 Å². The van der Waals surface area contributed by atoms with E-state index in [-0.39, 0.29) is 23.2 Å². The van der Waals surface area contributed by atoms with Gasteiger partial charge in [0.15, 0.2) is 5.75 Å². The summed E-state index contributed by atoms with van der Waals surface area (Å²) < 4.78 is 34.8. The molecule has 0 amide bonds. The molecule has 5 rings (SSSR count). The standard InChI is InChI=1S/C26H27ClN2O4S.ClH/c27-21-11-9-20(10-12-21)23(30)18-28-15-13-19(14-16-28)17-29-22-5-1-2-6-24(22)33-25-7-3-4-8-26(25)34(29,31)32;/h1-12,19,23,30H,13-18H2;1H/t23-;/m0./s1. The number of piperidine rings is 1. The Morgan fingerprint density at radius 2 is 1.57 bits per heavy atom. The van der Waals surface area contributed by atoms with Crippen LogP contribution in [0.2, 0.25) is 5.02 Å². The molecule has 3 aromatic carbocycles. The van der Waals surface area contributed by atoms with Crippen LogP contribution >= 0.6 is 24.0 Å². The summed E-state index contributed by atoms with van der Waals surface area (Å²) in [5.41, 5.74) is 1.41. The van der Waals surface area contributed by atoms with Gasteiger partial charge in [0.2, 0.25) is 0 Å². The summed E-state index contributed by atoms with van der Waals surface area (Å²) in [7, 11) is -3.76. The molecule has 0 unspecified atom stereocenters. The van der Waals surface area contributed by atoms with E-state index in [0.29, 0.717) is 35.3 Å². The van der Waals surface area contributed by atoms with E-state index in [4.69, 9.17) is 16.3 Å². The third-order valence-electron chi connectivity index (χ3n) is 6.59. The molecule has 9 heteroatoms. The highest BCUT2D eigenvalue weighted by Crippen LogP contribution is 2.43. The van der Waals surface area contributed by atoms with Crippen molar-refractivity contribution in [2.45, 2.75) is 23.8 Å². The lowest BCUT2D eigenvalue weighted by atomic mass is 9.96. The Morgan fingerprint density at radius 1 is 0.943 bits per heavy atom. The monoisotopic (exact) mass is 534 g/mol. The summed E-state index contributed by atoms with van der Waals surface area (Å²) >= 11 is 5.95. The number of sulfonamides is 1. The Morgan fingerprint density at radius 3 is 2.29 bits per heavy atom. The van der Waals surface area contributed by atoms with Gasteiger partial charge in [-0.05, 0) is 73.8 Å². The number of aliphatic hydroxyl groups excluding tert-OH is 1. The van der Waals surface area contributed by atoms with Gasteiger partial charge in [0, 0.05) is 18.1 Å². The Hall–Kier alpha value is -2.29. The minimum Gasteiger partial charge on any atom is -0.454 e. The number of hydrogen-bond donors (Lipinski definition) is 1. The van der Waals surface area contributed by atoms with E-state index in [1.165, 1.54) is 4.31 Å². The van der Waals surface area contributed by atoms with Crippen LogP contribution in [0.3, 0.4) is 0 Å². The van der Waals surface area contributed by atoms with E-state index in [1.807, 2.05) is 24.3 Å². The van der Waals surface area contributed by atoms with Gasteiger partial charge in [-0.25, -0.2) is 8.42 Å². The summed E-state index contributed by atoms with van der Waals surface area (Å²) in [5.74, 6) is 1.10. The Bertz CT molecular complexity index is 1260. The maximum atomic E-state index is 13.6. The third kappa shape index (κ3) is 5.44. The van der Waals surface area contributed by atoms with Crippen molar-refractivity contribution in [2.75, 3.05) is 30.5 Å². The van der Waals surface area contributed by atoms with Gasteiger partial charge in [0.25, 0.3) is 10.0 Å². The zero-order chi connectivity index (χ0) is 23.7. The second-order valence-corrected chi connectivity index (χ2v) is 11.1. The van der Waals surface area contributed by atoms with E-state index in [1.54, 1.807) is 48.5 Å². The molecular formula is C26H28Cl2N2O4S. The third-order valence-corrected chi connectivity index (χ3v) is 8.66. The van der Waals surface area contributed by atoms with Crippen molar-refractivity contribution in [3.8, 4) is 11.5 Å². The van der Waals surface area contributed by atoms with E-state index in [9.17, 15) is 13.5 Å². The average molecular weight is 535 g/mol. The van der Waals surface area contributed by atoms with Gasteiger partial charge in [-0.15, -0.1) is 12.4 Å². The van der Waals surface area contributed by atoms with Crippen LogP contribution in [-0.2, 0) is 10.0 Å². The normalized spacial score (nSPS) is 18.4. The number of para-hydroxylation sites is 3. The molecular weight excluding hydrogens is 507 g/mol. The Balaban J connectivity index is 0.00000289. The molecule has 0 aliphatic carbocycles. The molecule has 6 nitrogen and oxygen atoms in total. The van der Waals surface area contributed by atoms with Crippen molar-refractivity contribution in [1.29, 1.82) is 0 Å². The molecule has 35 heavy (non-hydrogen) atoms. The van der Waals surface area contributed by atoms with Crippen molar-refractivity contribution in [3.05, 3.63) is 83.4 Å². The SMILES string of the molecule is Cl.O=S1(=O)c2ccccc2Oc2ccccc2N1CC1CCN(C[C@H](O)c2ccc(Cl)cc2)CC1. The summed E-state index contributed by atoms with van der Waals surface area (Å²) in [5, 5.41) is 11.3. The fourth-order valence-corrected chi connectivity index (χ4v) is 6.48. The fourth-order valence-electron chi connectivity index (χ4n) is 4.68. The maximum Gasteiger partial charge on any atom is 0.268 e. The number of ether oxygens (including phenoxy) is 1. The van der Waals surface area contributed by atoms with Gasteiger partial charge in [-0.3, -0.25) is 4.31 Å². The van der Waals surface area contributed by atoms with E-state index >= 15 is 0 Å². The molecule has 1 N–H and O–H groups in total. The summed E-state index contributed by atoms with van der Waals surface area (Å²) in [6, 6.07) is 21.4. The number of anilines is 1. The van der Waals surface area contributed by atoms with Gasteiger partial charge >= 0.3 is 0 Å². The van der Waals surface area contributed by atoms with Crippen LogP contribution in [0.15, 0.2) is 77.7 Å². The highest BCUT2D eigenvalue weighted by molar-refractivity contribution is 7.93. The van der Waals surface area contributed by atoms with Crippen LogP contribution in [0.25, 0.3) is 0 Å². The van der Waals surface area contributed by atoms with Gasteiger partial charge in [0.05, 0.1) is 11.8 Å². The predicted molar refractivity (Wildman–Crippen MR) is 140 cm³/mol. The largest absolute Gasteiger partial charge is 0.454 e. The Labute approximate surface area is 217 Å².